The van der Waals surface area contributed by atoms with Crippen LogP contribution < -0.4 is 19.4 Å². The number of rotatable bonds is 5. The predicted octanol–water partition coefficient (Wildman–Crippen LogP) is -0.998. The van der Waals surface area contributed by atoms with E-state index < -0.39 is 48.5 Å². The molecule has 0 aromatic heterocycles. The molecule has 0 spiro atoms. The van der Waals surface area contributed by atoms with Gasteiger partial charge in [-0.25, -0.2) is 10.0 Å². The topological polar surface area (TPSA) is 203 Å². The van der Waals surface area contributed by atoms with E-state index in [1.54, 1.807) is 0 Å². The van der Waals surface area contributed by atoms with Gasteiger partial charge < -0.3 is 49.7 Å². The number of aliphatic hydroxyl groups is 4. The highest BCUT2D eigenvalue weighted by molar-refractivity contribution is 6.21. The molecule has 186 valence electrons. The van der Waals surface area contributed by atoms with E-state index in [1.807, 2.05) is 0 Å². The summed E-state index contributed by atoms with van der Waals surface area (Å²) >= 11 is 0. The fraction of sp³-hybridized carbons (Fsp3) is 0.318. The van der Waals surface area contributed by atoms with Crippen LogP contribution in [0.4, 0.5) is 5.69 Å². The van der Waals surface area contributed by atoms with Gasteiger partial charge in [0.05, 0.1) is 17.6 Å². The maximum Gasteiger partial charge on any atom is 0.336 e. The number of nitrogens with one attached hydrogen (secondary N) is 1. The number of aromatic carboxylic acids is 1. The summed E-state index contributed by atoms with van der Waals surface area (Å²) in [6.45, 7) is -0.820. The fourth-order valence-corrected chi connectivity index (χ4v) is 4.39. The number of quaternary nitrogens is 1. The molecule has 2 heterocycles. The molecule has 6 unspecified atom stereocenters. The molecule has 3 aromatic carbocycles. The van der Waals surface area contributed by atoms with E-state index in [9.17, 15) is 40.7 Å². The molecule has 0 amide bonds. The lowest BCUT2D eigenvalue weighted by molar-refractivity contribution is -0.990. The van der Waals surface area contributed by atoms with Crippen LogP contribution >= 0.6 is 0 Å². The fourth-order valence-electron chi connectivity index (χ4n) is 4.39. The predicted molar refractivity (Wildman–Crippen MR) is 115 cm³/mol. The van der Waals surface area contributed by atoms with Gasteiger partial charge in [0.1, 0.15) is 30.2 Å². The third kappa shape index (κ3) is 3.80. The average Bonchev–Trinajstić information content (AvgIpc) is 3.31. The van der Waals surface area contributed by atoms with Crippen molar-refractivity contribution >= 4 is 33.2 Å². The smallest absolute Gasteiger partial charge is 0.336 e. The van der Waals surface area contributed by atoms with Crippen molar-refractivity contribution in [3.8, 4) is 17.2 Å². The normalized spacial score (nSPS) is 26.7. The van der Waals surface area contributed by atoms with Gasteiger partial charge >= 0.3 is 5.97 Å². The number of ether oxygens (including phenoxy) is 4. The molecule has 3 aromatic rings. The molecule has 13 nitrogen and oxygen atoms in total. The van der Waals surface area contributed by atoms with Crippen LogP contribution in [-0.4, -0.2) is 80.8 Å². The van der Waals surface area contributed by atoms with Crippen LogP contribution in [0.25, 0.3) is 21.5 Å². The molecule has 0 bridgehead atoms. The lowest BCUT2D eigenvalue weighted by Gasteiger charge is -2.39. The van der Waals surface area contributed by atoms with Gasteiger partial charge in [-0.2, -0.15) is 5.23 Å². The molecule has 2 aliphatic rings. The van der Waals surface area contributed by atoms with Gasteiger partial charge in [-0.05, 0) is 29.0 Å². The van der Waals surface area contributed by atoms with E-state index in [1.165, 1.54) is 30.3 Å². The minimum atomic E-state index is -1.64. The van der Waals surface area contributed by atoms with E-state index in [2.05, 4.69) is 0 Å². The highest BCUT2D eigenvalue weighted by atomic mass is 16.8. The zero-order chi connectivity index (χ0) is 25.0. The molecule has 7 N–H and O–H groups in total. The molecule has 1 fully saturated rings. The van der Waals surface area contributed by atoms with Crippen molar-refractivity contribution in [3.63, 3.8) is 0 Å². The minimum absolute atomic E-state index is 0.0632. The van der Waals surface area contributed by atoms with Gasteiger partial charge in [0.2, 0.25) is 13.1 Å². The molecule has 0 aliphatic carbocycles. The summed E-state index contributed by atoms with van der Waals surface area (Å²) in [5.41, 5.74) is -0.533. The third-order valence-electron chi connectivity index (χ3n) is 6.09. The summed E-state index contributed by atoms with van der Waals surface area (Å²) in [4.78, 5) is 12.0. The van der Waals surface area contributed by atoms with E-state index in [0.29, 0.717) is 10.8 Å². The van der Waals surface area contributed by atoms with Crippen molar-refractivity contribution in [3.05, 3.63) is 41.1 Å². The van der Waals surface area contributed by atoms with Gasteiger partial charge in [-0.15, -0.1) is 0 Å². The Morgan fingerprint density at radius 2 is 1.86 bits per heavy atom. The Kier molecular flexibility index (Phi) is 5.86. The Bertz CT molecular complexity index is 1310. The van der Waals surface area contributed by atoms with Crippen LogP contribution in [0.15, 0.2) is 30.3 Å². The van der Waals surface area contributed by atoms with Crippen LogP contribution in [0.1, 0.15) is 10.4 Å². The second kappa shape index (κ2) is 8.75. The lowest BCUT2D eigenvalue weighted by atomic mass is 9.95. The Balaban J connectivity index is 1.68. The summed E-state index contributed by atoms with van der Waals surface area (Å²) in [5.74, 6) is -0.939. The molecular weight excluding hydrogens is 470 g/mol. The molecular formula is C22H21NO12. The second-order valence-electron chi connectivity index (χ2n) is 8.14. The monoisotopic (exact) mass is 491 g/mol. The van der Waals surface area contributed by atoms with Gasteiger partial charge in [0, 0.05) is 11.5 Å². The number of benzene rings is 3. The molecule has 2 aliphatic heterocycles. The van der Waals surface area contributed by atoms with Crippen molar-refractivity contribution in [1.82, 2.24) is 0 Å². The SMILES string of the molecule is O=C(O)c1cc2c(c3c1c([NH+]([O-])O)cc1ccc(OC4OC(CO)C(O)C(O)C4O)cc13)OCO2. The van der Waals surface area contributed by atoms with Crippen LogP contribution in [-0.2, 0) is 4.74 Å². The number of carboxylic acid groups (broad SMARTS) is 1. The molecule has 0 saturated carbocycles. The average molecular weight is 491 g/mol. The van der Waals surface area contributed by atoms with E-state index in [4.69, 9.17) is 18.9 Å². The van der Waals surface area contributed by atoms with Crippen molar-refractivity contribution < 1.29 is 59.7 Å². The minimum Gasteiger partial charge on any atom is -0.595 e. The number of hydrogen-bond acceptors (Lipinski definition) is 11. The molecule has 35 heavy (non-hydrogen) atoms. The van der Waals surface area contributed by atoms with Gasteiger partial charge in [0.15, 0.2) is 17.2 Å². The first kappa shape index (κ1) is 23.5. The van der Waals surface area contributed by atoms with E-state index in [-0.39, 0.29) is 46.1 Å². The Morgan fingerprint density at radius 3 is 2.54 bits per heavy atom. The zero-order valence-corrected chi connectivity index (χ0v) is 17.8. The number of carbonyl (C=O) groups is 1. The van der Waals surface area contributed by atoms with Crippen molar-refractivity contribution in [2.45, 2.75) is 30.7 Å². The number of aliphatic hydroxyl groups excluding tert-OH is 4. The lowest BCUT2D eigenvalue weighted by Crippen LogP contribution is -2.99. The summed E-state index contributed by atoms with van der Waals surface area (Å²) in [7, 11) is 0. The first-order chi connectivity index (χ1) is 16.7. The second-order valence-corrected chi connectivity index (χ2v) is 8.14. The quantitative estimate of drug-likeness (QED) is 0.170. The highest BCUT2D eigenvalue weighted by Gasteiger charge is 2.44. The van der Waals surface area contributed by atoms with Gasteiger partial charge in [0.25, 0.3) is 0 Å². The van der Waals surface area contributed by atoms with Crippen LogP contribution in [0.2, 0.25) is 0 Å². The van der Waals surface area contributed by atoms with Crippen LogP contribution in [0, 0.1) is 5.21 Å². The van der Waals surface area contributed by atoms with Crippen LogP contribution in [0.3, 0.4) is 0 Å². The van der Waals surface area contributed by atoms with Crippen LogP contribution in [0.5, 0.6) is 17.2 Å². The van der Waals surface area contributed by atoms with Crippen molar-refractivity contribution in [2.24, 2.45) is 0 Å². The molecule has 0 radical (unpaired) electrons. The first-order valence-electron chi connectivity index (χ1n) is 10.5. The summed E-state index contributed by atoms with van der Waals surface area (Å²) < 4.78 is 22.0. The molecule has 6 atom stereocenters. The van der Waals surface area contributed by atoms with Gasteiger partial charge in [-0.3, -0.25) is 0 Å². The standard InChI is InChI=1S/C22H21NO12/c24-6-14-17(25)18(26)19(27)22(35-14)34-9-2-1-8-3-12(23(30)31)15-11(21(28)29)5-13-20(33-7-32-13)16(15)10(8)4-9/h1-5,14,17-19,22-27,30H,6-7H2,(H,28,29). The first-order valence-corrected chi connectivity index (χ1v) is 10.5. The summed E-state index contributed by atoms with van der Waals surface area (Å²) in [5, 5.41) is 70.8. The summed E-state index contributed by atoms with van der Waals surface area (Å²) in [6.07, 6.45) is -7.47. The maximum atomic E-state index is 12.0. The van der Waals surface area contributed by atoms with E-state index in [0.717, 1.165) is 0 Å². The molecule has 5 rings (SSSR count). The Hall–Kier alpha value is -3.27. The third-order valence-corrected chi connectivity index (χ3v) is 6.09. The molecule has 13 heteroatoms. The van der Waals surface area contributed by atoms with Gasteiger partial charge in [-0.1, -0.05) is 6.07 Å². The number of carboxylic acids is 1. The van der Waals surface area contributed by atoms with Crippen molar-refractivity contribution in [1.29, 1.82) is 0 Å². The largest absolute Gasteiger partial charge is 0.595 e. The number of fused-ring (bicyclic) bond motifs is 5. The molecule has 1 saturated heterocycles. The highest BCUT2D eigenvalue weighted by Crippen LogP contribution is 2.47. The zero-order valence-electron chi connectivity index (χ0n) is 17.8. The van der Waals surface area contributed by atoms with Crippen molar-refractivity contribution in [2.75, 3.05) is 13.4 Å². The Morgan fingerprint density at radius 1 is 1.09 bits per heavy atom. The van der Waals surface area contributed by atoms with E-state index >= 15 is 0 Å². The maximum absolute atomic E-state index is 12.0. The summed E-state index contributed by atoms with van der Waals surface area (Å²) in [6, 6.07) is 6.99. The number of hydrogen-bond donors (Lipinski definition) is 7. The Labute approximate surface area is 196 Å².